The average Bonchev–Trinajstić information content (AvgIpc) is 2.21. The summed E-state index contributed by atoms with van der Waals surface area (Å²) in [5.41, 5.74) is 0.990. The number of benzene rings is 1. The predicted molar refractivity (Wildman–Crippen MR) is 67.0 cm³/mol. The van der Waals surface area contributed by atoms with Gasteiger partial charge in [0, 0.05) is 12.1 Å². The number of hydrogen-bond acceptors (Lipinski definition) is 2. The minimum Gasteiger partial charge on any atom is -0.490 e. The van der Waals surface area contributed by atoms with Crippen LogP contribution in [0, 0.1) is 5.82 Å². The molecule has 2 nitrogen and oxygen atoms in total. The maximum atomic E-state index is 13.4. The van der Waals surface area contributed by atoms with E-state index in [1.165, 1.54) is 6.07 Å². The second kappa shape index (κ2) is 5.05. The molecule has 1 aromatic carbocycles. The van der Waals surface area contributed by atoms with E-state index >= 15 is 0 Å². The molecule has 0 aromatic heterocycles. The van der Waals surface area contributed by atoms with Gasteiger partial charge in [-0.3, -0.25) is 0 Å². The van der Waals surface area contributed by atoms with Crippen LogP contribution in [0.4, 0.5) is 4.39 Å². The molecule has 0 bridgehead atoms. The summed E-state index contributed by atoms with van der Waals surface area (Å²) in [5.74, 6) is 0.767. The third kappa shape index (κ3) is 2.97. The fraction of sp³-hybridized carbons (Fsp3) is 0.571. The van der Waals surface area contributed by atoms with Gasteiger partial charge in [0.1, 0.15) is 17.7 Å². The molecule has 1 aliphatic carbocycles. The van der Waals surface area contributed by atoms with Gasteiger partial charge in [-0.05, 0) is 43.5 Å². The smallest absolute Gasteiger partial charge is 0.127 e. The summed E-state index contributed by atoms with van der Waals surface area (Å²) in [5, 5.41) is 3.20. The van der Waals surface area contributed by atoms with Crippen LogP contribution in [0.25, 0.3) is 0 Å². The molecule has 0 radical (unpaired) electrons. The van der Waals surface area contributed by atoms with Crippen molar-refractivity contribution >= 4 is 0 Å². The van der Waals surface area contributed by atoms with Crippen molar-refractivity contribution in [3.05, 3.63) is 29.6 Å². The zero-order valence-corrected chi connectivity index (χ0v) is 10.7. The van der Waals surface area contributed by atoms with Crippen molar-refractivity contribution in [2.75, 3.05) is 7.05 Å². The number of ether oxygens (including phenoxy) is 1. The van der Waals surface area contributed by atoms with Crippen LogP contribution in [0.3, 0.4) is 0 Å². The monoisotopic (exact) mass is 237 g/mol. The van der Waals surface area contributed by atoms with E-state index in [0.29, 0.717) is 17.7 Å². The normalized spacial score (nSPS) is 23.6. The summed E-state index contributed by atoms with van der Waals surface area (Å²) < 4.78 is 19.2. The lowest BCUT2D eigenvalue weighted by molar-refractivity contribution is 0.0881. The van der Waals surface area contributed by atoms with Gasteiger partial charge in [-0.25, -0.2) is 4.39 Å². The van der Waals surface area contributed by atoms with E-state index in [9.17, 15) is 4.39 Å². The Morgan fingerprint density at radius 1 is 1.29 bits per heavy atom. The van der Waals surface area contributed by atoms with Gasteiger partial charge < -0.3 is 10.1 Å². The van der Waals surface area contributed by atoms with Crippen molar-refractivity contribution in [3.63, 3.8) is 0 Å². The van der Waals surface area contributed by atoms with Gasteiger partial charge in [-0.15, -0.1) is 0 Å². The van der Waals surface area contributed by atoms with E-state index in [-0.39, 0.29) is 11.9 Å². The highest BCUT2D eigenvalue weighted by Gasteiger charge is 2.29. The summed E-state index contributed by atoms with van der Waals surface area (Å²) in [6, 6.07) is 5.55. The first-order valence-electron chi connectivity index (χ1n) is 6.23. The number of hydrogen-bond donors (Lipinski definition) is 1. The Morgan fingerprint density at radius 3 is 2.59 bits per heavy atom. The van der Waals surface area contributed by atoms with E-state index in [1.807, 2.05) is 13.1 Å². The van der Waals surface area contributed by atoms with E-state index in [4.69, 9.17) is 4.74 Å². The first-order chi connectivity index (χ1) is 8.08. The standard InChI is InChI=1S/C14H20FNO/c1-9(2)10-4-11(15)6-13(5-10)17-14-7-12(8-14)16-3/h4-6,9,12,14,16H,7-8H2,1-3H3. The maximum Gasteiger partial charge on any atom is 0.127 e. The molecule has 0 amide bonds. The lowest BCUT2D eigenvalue weighted by Gasteiger charge is -2.35. The summed E-state index contributed by atoms with van der Waals surface area (Å²) in [6.45, 7) is 4.11. The highest BCUT2D eigenvalue weighted by atomic mass is 19.1. The molecular weight excluding hydrogens is 217 g/mol. The van der Waals surface area contributed by atoms with E-state index in [2.05, 4.69) is 19.2 Å². The van der Waals surface area contributed by atoms with Crippen molar-refractivity contribution in [1.82, 2.24) is 5.32 Å². The lowest BCUT2D eigenvalue weighted by Crippen LogP contribution is -2.45. The molecule has 94 valence electrons. The summed E-state index contributed by atoms with van der Waals surface area (Å²) in [6.07, 6.45) is 2.24. The topological polar surface area (TPSA) is 21.3 Å². The summed E-state index contributed by atoms with van der Waals surface area (Å²) in [7, 11) is 1.96. The Kier molecular flexibility index (Phi) is 3.67. The zero-order valence-electron chi connectivity index (χ0n) is 10.7. The first kappa shape index (κ1) is 12.4. The van der Waals surface area contributed by atoms with Crippen molar-refractivity contribution in [2.45, 2.75) is 44.8 Å². The van der Waals surface area contributed by atoms with Crippen molar-refractivity contribution < 1.29 is 9.13 Å². The molecule has 1 fully saturated rings. The Labute approximate surface area is 102 Å². The van der Waals surface area contributed by atoms with Crippen molar-refractivity contribution in [3.8, 4) is 5.75 Å². The number of halogens is 1. The van der Waals surface area contributed by atoms with Crippen LogP contribution in [-0.2, 0) is 0 Å². The zero-order chi connectivity index (χ0) is 12.4. The molecule has 0 aliphatic heterocycles. The molecule has 2 rings (SSSR count). The number of rotatable bonds is 4. The van der Waals surface area contributed by atoms with Gasteiger partial charge >= 0.3 is 0 Å². The quantitative estimate of drug-likeness (QED) is 0.869. The SMILES string of the molecule is CNC1CC(Oc2cc(F)cc(C(C)C)c2)C1. The third-order valence-electron chi connectivity index (χ3n) is 3.37. The Morgan fingerprint density at radius 2 is 2.00 bits per heavy atom. The fourth-order valence-corrected chi connectivity index (χ4v) is 2.08. The molecular formula is C14H20FNO. The molecule has 0 spiro atoms. The van der Waals surface area contributed by atoms with Crippen LogP contribution in [0.5, 0.6) is 5.75 Å². The van der Waals surface area contributed by atoms with E-state index in [1.54, 1.807) is 6.07 Å². The minimum absolute atomic E-state index is 0.212. The Hall–Kier alpha value is -1.09. The van der Waals surface area contributed by atoms with Crippen LogP contribution in [0.1, 0.15) is 38.2 Å². The van der Waals surface area contributed by atoms with Gasteiger partial charge in [-0.1, -0.05) is 13.8 Å². The third-order valence-corrected chi connectivity index (χ3v) is 3.37. The molecule has 0 atom stereocenters. The molecule has 1 aliphatic rings. The Balaban J connectivity index is 2.01. The minimum atomic E-state index is -0.212. The Bertz CT molecular complexity index is 386. The van der Waals surface area contributed by atoms with E-state index < -0.39 is 0 Å². The fourth-order valence-electron chi connectivity index (χ4n) is 2.08. The van der Waals surface area contributed by atoms with Crippen molar-refractivity contribution in [1.29, 1.82) is 0 Å². The van der Waals surface area contributed by atoms with Crippen LogP contribution in [0.2, 0.25) is 0 Å². The second-order valence-corrected chi connectivity index (χ2v) is 5.07. The molecule has 0 saturated heterocycles. The van der Waals surface area contributed by atoms with Crippen LogP contribution < -0.4 is 10.1 Å². The average molecular weight is 237 g/mol. The second-order valence-electron chi connectivity index (χ2n) is 5.07. The lowest BCUT2D eigenvalue weighted by atomic mass is 9.89. The van der Waals surface area contributed by atoms with Gasteiger partial charge in [-0.2, -0.15) is 0 Å². The molecule has 1 saturated carbocycles. The van der Waals surface area contributed by atoms with Gasteiger partial charge in [0.25, 0.3) is 0 Å². The summed E-state index contributed by atoms with van der Waals surface area (Å²) >= 11 is 0. The van der Waals surface area contributed by atoms with Gasteiger partial charge in [0.15, 0.2) is 0 Å². The summed E-state index contributed by atoms with van der Waals surface area (Å²) in [4.78, 5) is 0. The largest absolute Gasteiger partial charge is 0.490 e. The predicted octanol–water partition coefficient (Wildman–Crippen LogP) is 3.08. The van der Waals surface area contributed by atoms with Crippen LogP contribution in [-0.4, -0.2) is 19.2 Å². The highest BCUT2D eigenvalue weighted by Crippen LogP contribution is 2.28. The van der Waals surface area contributed by atoms with Crippen molar-refractivity contribution in [2.24, 2.45) is 0 Å². The van der Waals surface area contributed by atoms with E-state index in [0.717, 1.165) is 18.4 Å². The van der Waals surface area contributed by atoms with Crippen LogP contribution in [0.15, 0.2) is 18.2 Å². The maximum absolute atomic E-state index is 13.4. The van der Waals surface area contributed by atoms with Gasteiger partial charge in [0.2, 0.25) is 0 Å². The highest BCUT2D eigenvalue weighted by molar-refractivity contribution is 5.31. The first-order valence-corrected chi connectivity index (χ1v) is 6.23. The molecule has 1 N–H and O–H groups in total. The van der Waals surface area contributed by atoms with Gasteiger partial charge in [0.05, 0.1) is 0 Å². The molecule has 1 aromatic rings. The number of nitrogens with one attached hydrogen (secondary N) is 1. The molecule has 0 heterocycles. The van der Waals surface area contributed by atoms with Crippen LogP contribution >= 0.6 is 0 Å². The molecule has 3 heteroatoms. The molecule has 17 heavy (non-hydrogen) atoms. The molecule has 0 unspecified atom stereocenters.